The number of carbonyl (C=O) groups is 1. The molecule has 7 aliphatic rings. The molecule has 3 saturated heterocycles. The smallest absolute Gasteiger partial charge is 0.341 e. The van der Waals surface area contributed by atoms with Gasteiger partial charge in [-0.15, -0.1) is 0 Å². The van der Waals surface area contributed by atoms with Crippen LogP contribution in [0.25, 0.3) is 10.9 Å². The van der Waals surface area contributed by atoms with Crippen molar-refractivity contribution < 1.29 is 32.9 Å². The number of nitrogens with two attached hydrogens (primary N) is 1. The molecule has 3 aliphatic heterocycles. The van der Waals surface area contributed by atoms with Gasteiger partial charge < -0.3 is 39.8 Å². The second-order valence-corrected chi connectivity index (χ2v) is 20.3. The Hall–Kier alpha value is -3.62. The third-order valence-corrected chi connectivity index (χ3v) is 17.3. The third-order valence-electron chi connectivity index (χ3n) is 17.3. The lowest BCUT2D eigenvalue weighted by Crippen LogP contribution is -2.62. The predicted octanol–water partition coefficient (Wildman–Crippen LogP) is 7.36. The molecule has 0 amide bonds. The van der Waals surface area contributed by atoms with Gasteiger partial charge in [0.2, 0.25) is 5.43 Å². The average molecular weight is 848 g/mol. The highest BCUT2D eigenvalue weighted by Gasteiger charge is 2.63. The topological polar surface area (TPSA) is 132 Å². The number of alkyl halides is 1. The number of nitrogens with zero attached hydrogens (tertiary/aromatic N) is 3. The summed E-state index contributed by atoms with van der Waals surface area (Å²) in [4.78, 5) is 28.9. The van der Waals surface area contributed by atoms with Crippen LogP contribution in [0.4, 0.5) is 14.5 Å². The van der Waals surface area contributed by atoms with Crippen molar-refractivity contribution in [1.82, 2.24) is 14.8 Å². The van der Waals surface area contributed by atoms with Crippen LogP contribution in [0.5, 0.6) is 5.75 Å². The maximum atomic E-state index is 15.5. The number of methoxy groups -OCH3 is 3. The van der Waals surface area contributed by atoms with Crippen LogP contribution in [-0.4, -0.2) is 106 Å². The maximum absolute atomic E-state index is 15.5. The van der Waals surface area contributed by atoms with E-state index < -0.39 is 40.5 Å². The summed E-state index contributed by atoms with van der Waals surface area (Å²) in [5, 5.41) is 12.8. The van der Waals surface area contributed by atoms with Gasteiger partial charge in [-0.3, -0.25) is 9.69 Å². The molecule has 2 aromatic carbocycles. The van der Waals surface area contributed by atoms with Gasteiger partial charge >= 0.3 is 5.97 Å². The summed E-state index contributed by atoms with van der Waals surface area (Å²) in [5.41, 5.74) is 8.52. The number of aromatic carboxylic acids is 1. The van der Waals surface area contributed by atoms with Crippen LogP contribution in [0.2, 0.25) is 0 Å². The van der Waals surface area contributed by atoms with E-state index in [2.05, 4.69) is 68.2 Å². The van der Waals surface area contributed by atoms with E-state index in [4.69, 9.17) is 19.9 Å². The summed E-state index contributed by atoms with van der Waals surface area (Å²) in [7, 11) is 5.03. The van der Waals surface area contributed by atoms with Crippen LogP contribution >= 0.6 is 0 Å². The van der Waals surface area contributed by atoms with Gasteiger partial charge in [-0.05, 0) is 74.3 Å². The second kappa shape index (κ2) is 15.9. The number of hydrogen-bond acceptors (Lipinski definition) is 9. The number of carboxylic acid groups (broad SMARTS) is 1. The molecule has 4 N–H and O–H groups in total. The van der Waals surface area contributed by atoms with Crippen LogP contribution in [-0.2, 0) is 9.47 Å². The molecule has 1 aromatic heterocycles. The number of anilines is 1. The number of aromatic nitrogens is 1. The minimum absolute atomic E-state index is 0.104. The normalized spacial score (nSPS) is 35.9. The van der Waals surface area contributed by atoms with Crippen molar-refractivity contribution in [2.75, 3.05) is 78.7 Å². The number of nitrogens with one attached hydrogen (secondary N) is 1. The zero-order chi connectivity index (χ0) is 43.8. The first-order valence-electron chi connectivity index (χ1n) is 22.3. The molecular formula is C48H67F2N5O6. The molecule has 0 unspecified atom stereocenters. The van der Waals surface area contributed by atoms with Crippen LogP contribution in [0.3, 0.4) is 0 Å². The molecule has 10 rings (SSSR count). The first-order valence-corrected chi connectivity index (χ1v) is 22.3. The number of carboxylic acids is 1. The molecule has 3 aromatic rings. The Bertz CT molecular complexity index is 2210. The monoisotopic (exact) mass is 848 g/mol. The van der Waals surface area contributed by atoms with Gasteiger partial charge in [0.15, 0.2) is 11.6 Å². The standard InChI is InChI=1S/C22H25F2N3O4.C17H25NO.C9H17NO/c1-3-21-4-5-22(21,25)10-26(9-21)17-14(24)6-11-16(19(17)31-2)27(15-7-13(15)23)8-12(18(11)28)20(29)30;1-14(15-7-5-4-6-8-15)18-11-16(2)9-10-17(16,12-18)13-19-3;1-8-3-4-9(8,7-11-2)6-10-5-8/h6,8,13,15H,3-5,7,9-10,25H2,1-2H3,(H,29,30);4-8,14H,9-13H2,1-3H3;10H,3-7H2,1-2H3/t13-,15+,21+,22+;14-,16+,17-;8-,9+/m010/s1. The summed E-state index contributed by atoms with van der Waals surface area (Å²) in [6.07, 6.45) is 8.28. The summed E-state index contributed by atoms with van der Waals surface area (Å²) < 4.78 is 47.3. The average Bonchev–Trinajstić information content (AvgIpc) is 3.82. The summed E-state index contributed by atoms with van der Waals surface area (Å²) in [6.45, 7) is 16.9. The lowest BCUT2D eigenvalue weighted by atomic mass is 9.52. The van der Waals surface area contributed by atoms with Crippen molar-refractivity contribution in [3.8, 4) is 5.75 Å². The molecule has 11 nitrogen and oxygen atoms in total. The Morgan fingerprint density at radius 2 is 1.59 bits per heavy atom. The van der Waals surface area contributed by atoms with E-state index in [9.17, 15) is 19.1 Å². The number of rotatable bonds is 11. The van der Waals surface area contributed by atoms with Crippen molar-refractivity contribution in [1.29, 1.82) is 0 Å². The number of pyridine rings is 1. The Kier molecular flexibility index (Phi) is 11.4. The van der Waals surface area contributed by atoms with Crippen molar-refractivity contribution >= 4 is 22.6 Å². The SMILES string of the molecule is CC[C@]12CC[C@@]1(N)CN(c1c(F)cc3c(=O)c(C(=O)O)cn([C@@H]4C[C@@H]4F)c3c1OC)C2.COC[C@]12CC[C@@]1(C)CN([C@H](C)c1ccccc1)C2.COC[C@]12CC[C@@]1(C)CNC2. The highest BCUT2D eigenvalue weighted by molar-refractivity contribution is 5.97. The first kappa shape index (κ1) is 44.0. The van der Waals surface area contributed by atoms with E-state index in [1.54, 1.807) is 0 Å². The fourth-order valence-electron chi connectivity index (χ4n) is 12.4. The molecule has 4 aliphatic carbocycles. The number of ether oxygens (including phenoxy) is 3. The molecule has 0 spiro atoms. The fraction of sp³-hybridized carbons (Fsp3) is 0.667. The molecule has 4 saturated carbocycles. The molecule has 0 bridgehead atoms. The zero-order valence-electron chi connectivity index (χ0n) is 37.3. The van der Waals surface area contributed by atoms with E-state index >= 15 is 4.39 Å². The van der Waals surface area contributed by atoms with Crippen molar-refractivity contribution in [3.05, 3.63) is 69.8 Å². The van der Waals surface area contributed by atoms with Crippen LogP contribution < -0.4 is 26.1 Å². The molecule has 61 heavy (non-hydrogen) atoms. The Morgan fingerprint density at radius 3 is 2.10 bits per heavy atom. The molecular weight excluding hydrogens is 781 g/mol. The number of benzene rings is 2. The van der Waals surface area contributed by atoms with Crippen LogP contribution in [0.15, 0.2) is 47.4 Å². The number of fused-ring (bicyclic) bond motifs is 4. The number of halogens is 2. The summed E-state index contributed by atoms with van der Waals surface area (Å²) in [6, 6.07) is 11.8. The molecule has 0 radical (unpaired) electrons. The second-order valence-electron chi connectivity index (χ2n) is 20.3. The zero-order valence-corrected chi connectivity index (χ0v) is 37.3. The Labute approximate surface area is 359 Å². The third kappa shape index (κ3) is 6.91. The first-order chi connectivity index (χ1) is 29.0. The molecule has 4 heterocycles. The summed E-state index contributed by atoms with van der Waals surface area (Å²) in [5.74, 6) is -2.01. The molecule has 9 atom stereocenters. The quantitative estimate of drug-likeness (QED) is 0.180. The minimum atomic E-state index is -1.44. The van der Waals surface area contributed by atoms with Gasteiger partial charge in [0.05, 0.1) is 37.3 Å². The fourth-order valence-corrected chi connectivity index (χ4v) is 12.4. The molecule has 334 valence electrons. The largest absolute Gasteiger partial charge is 0.492 e. The lowest BCUT2D eigenvalue weighted by molar-refractivity contribution is -0.0716. The van der Waals surface area contributed by atoms with Crippen molar-refractivity contribution in [2.45, 2.75) is 103 Å². The van der Waals surface area contributed by atoms with E-state index in [-0.39, 0.29) is 34.2 Å². The van der Waals surface area contributed by atoms with E-state index in [1.807, 2.05) is 19.1 Å². The highest BCUT2D eigenvalue weighted by atomic mass is 19.1. The van der Waals surface area contributed by atoms with Gasteiger partial charge in [-0.1, -0.05) is 51.1 Å². The Balaban J connectivity index is 0.000000144. The van der Waals surface area contributed by atoms with E-state index in [0.29, 0.717) is 40.8 Å². The lowest BCUT2D eigenvalue weighted by Gasteiger charge is -2.52. The van der Waals surface area contributed by atoms with Gasteiger partial charge in [-0.2, -0.15) is 0 Å². The van der Waals surface area contributed by atoms with E-state index in [1.165, 1.54) is 62.6 Å². The summed E-state index contributed by atoms with van der Waals surface area (Å²) >= 11 is 0. The van der Waals surface area contributed by atoms with Gasteiger partial charge in [0, 0.05) is 93.9 Å². The predicted molar refractivity (Wildman–Crippen MR) is 234 cm³/mol. The minimum Gasteiger partial charge on any atom is -0.492 e. The van der Waals surface area contributed by atoms with Crippen molar-refractivity contribution in [2.24, 2.45) is 32.8 Å². The number of likely N-dealkylation sites (tertiary alicyclic amines) is 1. The van der Waals surface area contributed by atoms with E-state index in [0.717, 1.165) is 51.3 Å². The highest BCUT2D eigenvalue weighted by Crippen LogP contribution is 2.63. The van der Waals surface area contributed by atoms with Crippen molar-refractivity contribution in [3.63, 3.8) is 0 Å². The van der Waals surface area contributed by atoms with Crippen LogP contribution in [0.1, 0.15) is 107 Å². The molecule has 7 fully saturated rings. The van der Waals surface area contributed by atoms with Crippen LogP contribution in [0, 0.1) is 32.9 Å². The van der Waals surface area contributed by atoms with Gasteiger partial charge in [0.25, 0.3) is 0 Å². The van der Waals surface area contributed by atoms with Gasteiger partial charge in [-0.25, -0.2) is 13.6 Å². The number of hydrogen-bond donors (Lipinski definition) is 3. The van der Waals surface area contributed by atoms with Gasteiger partial charge in [0.1, 0.15) is 17.4 Å². The molecule has 13 heteroatoms. The Morgan fingerprint density at radius 1 is 0.934 bits per heavy atom. The maximum Gasteiger partial charge on any atom is 0.341 e.